The Morgan fingerprint density at radius 1 is 1.00 bits per heavy atom. The van der Waals surface area contributed by atoms with Gasteiger partial charge in [-0.05, 0) is 40.4 Å². The second-order valence-corrected chi connectivity index (χ2v) is 9.40. The minimum Gasteiger partial charge on any atom is -0.358 e. The number of nitriles is 1. The van der Waals surface area contributed by atoms with E-state index in [9.17, 15) is 5.26 Å². The molecule has 0 radical (unpaired) electrons. The summed E-state index contributed by atoms with van der Waals surface area (Å²) in [5.74, 6) is 0.174. The van der Waals surface area contributed by atoms with Crippen molar-refractivity contribution in [3.63, 3.8) is 0 Å². The van der Waals surface area contributed by atoms with E-state index in [0.717, 1.165) is 18.4 Å². The Morgan fingerprint density at radius 3 is 1.92 bits per heavy atom. The smallest absolute Gasteiger partial charge is 0.305 e. The van der Waals surface area contributed by atoms with Crippen LogP contribution in [0.4, 0.5) is 5.82 Å². The van der Waals surface area contributed by atoms with Gasteiger partial charge in [-0.3, -0.25) is 0 Å². The van der Waals surface area contributed by atoms with Gasteiger partial charge in [0.25, 0.3) is 0 Å². The van der Waals surface area contributed by atoms with Crippen LogP contribution in [0.15, 0.2) is 24.5 Å². The largest absolute Gasteiger partial charge is 0.358 e. The zero-order chi connectivity index (χ0) is 19.5. The second kappa shape index (κ2) is 7.34. The zero-order valence-corrected chi connectivity index (χ0v) is 16.7. The Bertz CT molecular complexity index is 827. The van der Waals surface area contributed by atoms with Crippen molar-refractivity contribution < 1.29 is 0 Å². The summed E-state index contributed by atoms with van der Waals surface area (Å²) in [4.78, 5) is 7.38. The standard InChI is InChI=1S/C22H28N4/c1-21(2,3)11-16-8-17(12-22(4,5)6)10-18(9-16)14-26-15-25-20(24-7)19(26)13-23/h8-10,15H,11-12,14H2,1-6H3. The average Bonchev–Trinajstić information content (AvgIpc) is 2.84. The molecule has 0 aliphatic carbocycles. The summed E-state index contributed by atoms with van der Waals surface area (Å²) in [6.45, 7) is 21.2. The SMILES string of the molecule is [C-]#[N+]c1ncn(Cc2cc(CC(C)(C)C)cc(CC(C)(C)C)c2)c1C#N. The monoisotopic (exact) mass is 348 g/mol. The molecule has 0 N–H and O–H groups in total. The normalized spacial score (nSPS) is 11.8. The van der Waals surface area contributed by atoms with Gasteiger partial charge in [-0.1, -0.05) is 66.3 Å². The molecule has 26 heavy (non-hydrogen) atoms. The Hall–Kier alpha value is -2.59. The molecule has 0 aliphatic heterocycles. The first-order valence-electron chi connectivity index (χ1n) is 8.95. The summed E-state index contributed by atoms with van der Waals surface area (Å²) in [5, 5.41) is 9.36. The first-order chi connectivity index (χ1) is 12.0. The molecule has 0 saturated carbocycles. The number of aromatic nitrogens is 2. The number of hydrogen-bond acceptors (Lipinski definition) is 2. The van der Waals surface area contributed by atoms with Gasteiger partial charge in [0.2, 0.25) is 0 Å². The molecule has 0 saturated heterocycles. The number of rotatable bonds is 4. The fourth-order valence-electron chi connectivity index (χ4n) is 3.24. The average molecular weight is 348 g/mol. The van der Waals surface area contributed by atoms with Gasteiger partial charge in [0.05, 0.1) is 6.54 Å². The highest BCUT2D eigenvalue weighted by Crippen LogP contribution is 2.27. The molecule has 2 rings (SSSR count). The molecule has 0 atom stereocenters. The fourth-order valence-corrected chi connectivity index (χ4v) is 3.24. The van der Waals surface area contributed by atoms with Crippen LogP contribution in [0.5, 0.6) is 0 Å². The molecule has 0 bridgehead atoms. The number of imidazole rings is 1. The summed E-state index contributed by atoms with van der Waals surface area (Å²) in [6.07, 6.45) is 3.59. The molecule has 1 aromatic heterocycles. The Morgan fingerprint density at radius 2 is 1.50 bits per heavy atom. The third-order valence-corrected chi connectivity index (χ3v) is 3.96. The van der Waals surface area contributed by atoms with E-state index in [2.05, 4.69) is 75.6 Å². The molecule has 0 amide bonds. The summed E-state index contributed by atoms with van der Waals surface area (Å²) >= 11 is 0. The lowest BCUT2D eigenvalue weighted by Gasteiger charge is -2.22. The van der Waals surface area contributed by atoms with Crippen molar-refractivity contribution in [3.8, 4) is 6.07 Å². The minimum atomic E-state index is 0.174. The molecule has 0 aliphatic rings. The van der Waals surface area contributed by atoms with Crippen molar-refractivity contribution in [2.75, 3.05) is 0 Å². The Kier molecular flexibility index (Phi) is 5.57. The van der Waals surface area contributed by atoms with Crippen LogP contribution in [0.3, 0.4) is 0 Å². The highest BCUT2D eigenvalue weighted by atomic mass is 15.1. The predicted molar refractivity (Wildman–Crippen MR) is 105 cm³/mol. The van der Waals surface area contributed by atoms with Crippen molar-refractivity contribution in [2.24, 2.45) is 10.8 Å². The van der Waals surface area contributed by atoms with Crippen LogP contribution in [-0.4, -0.2) is 9.55 Å². The van der Waals surface area contributed by atoms with Crippen LogP contribution < -0.4 is 0 Å². The second-order valence-electron chi connectivity index (χ2n) is 9.40. The molecule has 0 spiro atoms. The molecule has 1 heterocycles. The fraction of sp³-hybridized carbons (Fsp3) is 0.500. The van der Waals surface area contributed by atoms with Gasteiger partial charge in [-0.15, -0.1) is 4.98 Å². The lowest BCUT2D eigenvalue weighted by molar-refractivity contribution is 0.405. The third kappa shape index (κ3) is 5.46. The molecule has 1 aromatic carbocycles. The van der Waals surface area contributed by atoms with Crippen LogP contribution in [0, 0.1) is 28.7 Å². The van der Waals surface area contributed by atoms with Crippen molar-refractivity contribution in [2.45, 2.75) is 60.9 Å². The van der Waals surface area contributed by atoms with Crippen molar-refractivity contribution in [1.82, 2.24) is 9.55 Å². The number of nitrogens with zero attached hydrogens (tertiary/aromatic N) is 4. The molecule has 136 valence electrons. The molecule has 4 nitrogen and oxygen atoms in total. The van der Waals surface area contributed by atoms with Gasteiger partial charge >= 0.3 is 5.82 Å². The van der Waals surface area contributed by atoms with E-state index in [0.29, 0.717) is 12.2 Å². The maximum Gasteiger partial charge on any atom is 0.305 e. The lowest BCUT2D eigenvalue weighted by atomic mass is 9.84. The van der Waals surface area contributed by atoms with E-state index in [1.165, 1.54) is 11.1 Å². The van der Waals surface area contributed by atoms with Gasteiger partial charge in [-0.2, -0.15) is 5.26 Å². The molecule has 0 fully saturated rings. The lowest BCUT2D eigenvalue weighted by Crippen LogP contribution is -2.13. The van der Waals surface area contributed by atoms with Crippen LogP contribution in [0.1, 0.15) is 63.9 Å². The summed E-state index contributed by atoms with van der Waals surface area (Å²) in [7, 11) is 0. The van der Waals surface area contributed by atoms with Gasteiger partial charge in [0, 0.05) is 0 Å². The number of benzene rings is 1. The summed E-state index contributed by atoms with van der Waals surface area (Å²) in [6, 6.07) is 8.85. The van der Waals surface area contributed by atoms with Gasteiger partial charge in [0.1, 0.15) is 11.8 Å². The quantitative estimate of drug-likeness (QED) is 0.682. The molecular formula is C22H28N4. The van der Waals surface area contributed by atoms with E-state index >= 15 is 0 Å². The Labute approximate surface area is 157 Å². The van der Waals surface area contributed by atoms with Crippen LogP contribution in [-0.2, 0) is 19.4 Å². The van der Waals surface area contributed by atoms with Crippen LogP contribution in [0.25, 0.3) is 4.85 Å². The summed E-state index contributed by atoms with van der Waals surface area (Å²) in [5.41, 5.74) is 4.54. The van der Waals surface area contributed by atoms with E-state index < -0.39 is 0 Å². The maximum absolute atomic E-state index is 9.36. The van der Waals surface area contributed by atoms with E-state index in [4.69, 9.17) is 6.57 Å². The molecule has 4 heteroatoms. The van der Waals surface area contributed by atoms with Crippen LogP contribution in [0.2, 0.25) is 0 Å². The molecular weight excluding hydrogens is 320 g/mol. The van der Waals surface area contributed by atoms with Gasteiger partial charge in [0.15, 0.2) is 6.33 Å². The minimum absolute atomic E-state index is 0.174. The first-order valence-corrected chi connectivity index (χ1v) is 8.95. The molecule has 2 aromatic rings. The van der Waals surface area contributed by atoms with Crippen LogP contribution >= 0.6 is 0 Å². The zero-order valence-electron chi connectivity index (χ0n) is 16.7. The van der Waals surface area contributed by atoms with Gasteiger partial charge in [-0.25, -0.2) is 0 Å². The maximum atomic E-state index is 9.36. The van der Waals surface area contributed by atoms with E-state index in [1.54, 1.807) is 10.9 Å². The number of hydrogen-bond donors (Lipinski definition) is 0. The topological polar surface area (TPSA) is 46.0 Å². The van der Waals surface area contributed by atoms with E-state index in [1.807, 2.05) is 0 Å². The first kappa shape index (κ1) is 19.7. The molecule has 0 unspecified atom stereocenters. The highest BCUT2D eigenvalue weighted by molar-refractivity contribution is 5.49. The van der Waals surface area contributed by atoms with Gasteiger partial charge < -0.3 is 9.41 Å². The third-order valence-electron chi connectivity index (χ3n) is 3.96. The predicted octanol–water partition coefficient (Wildman–Crippen LogP) is 5.53. The van der Waals surface area contributed by atoms with E-state index in [-0.39, 0.29) is 16.6 Å². The van der Waals surface area contributed by atoms with Crippen molar-refractivity contribution >= 4 is 5.82 Å². The Balaban J connectivity index is 2.42. The van der Waals surface area contributed by atoms with Crippen molar-refractivity contribution in [1.29, 1.82) is 5.26 Å². The van der Waals surface area contributed by atoms with Crippen molar-refractivity contribution in [3.05, 3.63) is 58.3 Å². The highest BCUT2D eigenvalue weighted by Gasteiger charge is 2.17. The summed E-state index contributed by atoms with van der Waals surface area (Å²) < 4.78 is 1.77.